The normalized spacial score (nSPS) is 12.5. The average Bonchev–Trinajstić information content (AvgIpc) is 3.45. The molecule has 0 fully saturated rings. The summed E-state index contributed by atoms with van der Waals surface area (Å²) < 4.78 is 11.9. The second kappa shape index (κ2) is 13.5. The molecule has 1 aliphatic heterocycles. The minimum atomic E-state index is -2.04. The molecule has 5 heteroatoms. The van der Waals surface area contributed by atoms with Crippen LogP contribution in [0, 0.1) is 23.7 Å². The number of carbonyl (C=O) groups is 2. The van der Waals surface area contributed by atoms with Crippen molar-refractivity contribution in [3.8, 4) is 46.3 Å². The number of carbonyl (C=O) groups excluding carboxylic acids is 2. The van der Waals surface area contributed by atoms with Crippen molar-refractivity contribution in [1.29, 1.82) is 0 Å². The van der Waals surface area contributed by atoms with E-state index in [0.29, 0.717) is 22.6 Å². The molecule has 6 aromatic rings. The number of benzene rings is 6. The van der Waals surface area contributed by atoms with E-state index in [1.807, 2.05) is 36.4 Å². The lowest BCUT2D eigenvalue weighted by Gasteiger charge is -2.39. The van der Waals surface area contributed by atoms with Gasteiger partial charge < -0.3 is 9.47 Å². The van der Waals surface area contributed by atoms with E-state index in [1.54, 1.807) is 38.5 Å². The smallest absolute Gasteiger partial charge is 0.150 e. The largest absolute Gasteiger partial charge is 0.495 e. The molecule has 236 valence electrons. The van der Waals surface area contributed by atoms with Gasteiger partial charge in [0, 0.05) is 41.8 Å². The topological polar surface area (TPSA) is 52.6 Å². The number of ether oxygens (including phenoxy) is 2. The molecule has 0 aliphatic carbocycles. The number of rotatable bonds is 6. The van der Waals surface area contributed by atoms with Gasteiger partial charge in [-0.2, -0.15) is 0 Å². The molecule has 4 nitrogen and oxygen atoms in total. The molecular formula is C44H30O4S. The van der Waals surface area contributed by atoms with E-state index < -0.39 is 10.0 Å². The van der Waals surface area contributed by atoms with E-state index in [9.17, 15) is 9.59 Å². The monoisotopic (exact) mass is 654 g/mol. The molecule has 0 atom stereocenters. The van der Waals surface area contributed by atoms with Gasteiger partial charge in [-0.3, -0.25) is 9.59 Å². The molecule has 0 amide bonds. The third-order valence-corrected chi connectivity index (χ3v) is 12.5. The van der Waals surface area contributed by atoms with Gasteiger partial charge in [-0.1, -0.05) is 84.3 Å². The highest BCUT2D eigenvalue weighted by Gasteiger charge is 2.43. The van der Waals surface area contributed by atoms with Crippen molar-refractivity contribution in [1.82, 2.24) is 0 Å². The Labute approximate surface area is 287 Å². The first-order valence-corrected chi connectivity index (χ1v) is 17.2. The summed E-state index contributed by atoms with van der Waals surface area (Å²) >= 11 is 0. The summed E-state index contributed by atoms with van der Waals surface area (Å²) in [5.41, 5.74) is 6.45. The Morgan fingerprint density at radius 1 is 0.490 bits per heavy atom. The summed E-state index contributed by atoms with van der Waals surface area (Å²) in [6, 6.07) is 44.3. The molecule has 0 saturated heterocycles. The van der Waals surface area contributed by atoms with E-state index in [1.165, 1.54) is 9.79 Å². The summed E-state index contributed by atoms with van der Waals surface area (Å²) in [6.07, 6.45) is 1.65. The van der Waals surface area contributed by atoms with Crippen LogP contribution in [0.3, 0.4) is 0 Å². The molecule has 0 N–H and O–H groups in total. The van der Waals surface area contributed by atoms with Gasteiger partial charge in [0.1, 0.15) is 24.1 Å². The summed E-state index contributed by atoms with van der Waals surface area (Å²) in [5.74, 6) is 14.6. The van der Waals surface area contributed by atoms with Crippen molar-refractivity contribution in [2.75, 3.05) is 14.2 Å². The lowest BCUT2D eigenvalue weighted by Crippen LogP contribution is -2.03. The van der Waals surface area contributed by atoms with Crippen LogP contribution in [-0.4, -0.2) is 26.8 Å². The first-order valence-electron chi connectivity index (χ1n) is 15.6. The van der Waals surface area contributed by atoms with Crippen molar-refractivity contribution in [3.63, 3.8) is 0 Å². The molecule has 1 aliphatic rings. The number of aldehydes is 2. The highest BCUT2D eigenvalue weighted by atomic mass is 32.3. The van der Waals surface area contributed by atoms with E-state index in [2.05, 4.69) is 96.5 Å². The quantitative estimate of drug-likeness (QED) is 0.132. The molecule has 1 heterocycles. The zero-order valence-corrected chi connectivity index (χ0v) is 27.7. The zero-order valence-electron chi connectivity index (χ0n) is 26.9. The first kappa shape index (κ1) is 31.3. The summed E-state index contributed by atoms with van der Waals surface area (Å²) in [6.45, 7) is 0. The second-order valence-corrected chi connectivity index (χ2v) is 14.4. The van der Waals surface area contributed by atoms with Crippen LogP contribution in [0.5, 0.6) is 11.5 Å². The molecule has 0 saturated carbocycles. The van der Waals surface area contributed by atoms with E-state index in [-0.39, 0.29) is 0 Å². The van der Waals surface area contributed by atoms with Gasteiger partial charge >= 0.3 is 0 Å². The fourth-order valence-corrected chi connectivity index (χ4v) is 10.4. The van der Waals surface area contributed by atoms with Gasteiger partial charge in [-0.25, -0.2) is 0 Å². The zero-order chi connectivity index (χ0) is 33.8. The van der Waals surface area contributed by atoms with Crippen LogP contribution in [0.15, 0.2) is 153 Å². The number of hydrogen-bond acceptors (Lipinski definition) is 4. The first-order chi connectivity index (χ1) is 24.1. The Morgan fingerprint density at radius 3 is 1.22 bits per heavy atom. The number of methoxy groups -OCH3 is 2. The minimum Gasteiger partial charge on any atom is -0.495 e. The second-order valence-electron chi connectivity index (χ2n) is 11.3. The summed E-state index contributed by atoms with van der Waals surface area (Å²) in [7, 11) is 1.29. The number of hydrogen-bond donors (Lipinski definition) is 0. The maximum atomic E-state index is 11.2. The molecule has 7 rings (SSSR count). The Bertz CT molecular complexity index is 2150. The summed E-state index contributed by atoms with van der Waals surface area (Å²) in [5, 5.41) is 0. The van der Waals surface area contributed by atoms with Gasteiger partial charge in [0.05, 0.1) is 25.3 Å². The third kappa shape index (κ3) is 5.68. The molecule has 0 unspecified atom stereocenters. The van der Waals surface area contributed by atoms with Crippen molar-refractivity contribution in [2.45, 2.75) is 19.6 Å². The maximum absolute atomic E-state index is 11.2. The lowest BCUT2D eigenvalue weighted by atomic mass is 10.0. The van der Waals surface area contributed by atoms with Crippen molar-refractivity contribution in [2.24, 2.45) is 0 Å². The van der Waals surface area contributed by atoms with Gasteiger partial charge in [-0.15, -0.1) is 10.0 Å². The third-order valence-electron chi connectivity index (χ3n) is 8.52. The van der Waals surface area contributed by atoms with Crippen molar-refractivity contribution >= 4 is 22.6 Å². The predicted molar refractivity (Wildman–Crippen MR) is 194 cm³/mol. The Hall–Kier alpha value is -6.27. The van der Waals surface area contributed by atoms with E-state index >= 15 is 0 Å². The van der Waals surface area contributed by atoms with Gasteiger partial charge in [0.2, 0.25) is 0 Å². The molecule has 0 aromatic heterocycles. The minimum absolute atomic E-state index is 0.604. The molecule has 49 heavy (non-hydrogen) atoms. The maximum Gasteiger partial charge on any atom is 0.150 e. The molecule has 0 spiro atoms. The Balaban J connectivity index is 1.50. The van der Waals surface area contributed by atoms with Crippen LogP contribution >= 0.6 is 10.0 Å². The van der Waals surface area contributed by atoms with Crippen LogP contribution in [0.25, 0.3) is 11.1 Å². The van der Waals surface area contributed by atoms with E-state index in [0.717, 1.165) is 55.7 Å². The predicted octanol–water partition coefficient (Wildman–Crippen LogP) is 9.45. The van der Waals surface area contributed by atoms with Gasteiger partial charge in [0.25, 0.3) is 0 Å². The van der Waals surface area contributed by atoms with Crippen LogP contribution < -0.4 is 9.47 Å². The van der Waals surface area contributed by atoms with Crippen LogP contribution in [0.2, 0.25) is 0 Å². The van der Waals surface area contributed by atoms with Crippen LogP contribution in [-0.2, 0) is 0 Å². The van der Waals surface area contributed by atoms with Gasteiger partial charge in [0.15, 0.2) is 0 Å². The molecule has 0 bridgehead atoms. The number of fused-ring (bicyclic) bond motifs is 3. The SMILES string of the molecule is COc1cc2c(cc1C#Cc1ccc(C=O)cc1)S(c1ccccc1)(c1ccccc1)c1cc(C#Cc3ccc(C=O)cc3)c(OC)cc1-2. The van der Waals surface area contributed by atoms with Crippen LogP contribution in [0.1, 0.15) is 43.0 Å². The van der Waals surface area contributed by atoms with Crippen molar-refractivity contribution in [3.05, 3.63) is 167 Å². The Morgan fingerprint density at radius 2 is 0.878 bits per heavy atom. The molecule has 6 aromatic carbocycles. The van der Waals surface area contributed by atoms with Crippen LogP contribution in [0.4, 0.5) is 0 Å². The summed E-state index contributed by atoms with van der Waals surface area (Å²) in [4.78, 5) is 27.0. The van der Waals surface area contributed by atoms with Gasteiger partial charge in [-0.05, 0) is 83.9 Å². The average molecular weight is 655 g/mol. The molecule has 0 radical (unpaired) electrons. The van der Waals surface area contributed by atoms with Crippen molar-refractivity contribution < 1.29 is 19.1 Å². The van der Waals surface area contributed by atoms with E-state index in [4.69, 9.17) is 9.47 Å². The lowest BCUT2D eigenvalue weighted by molar-refractivity contribution is 0.111. The standard InChI is InChI=1S/C44H30O4S/c1-47-41-27-39-40-28-42(48-2)36(24-22-32-15-19-34(30-46)20-16-32)26-44(40)49(37-9-5-3-6-10-37,38-11-7-4-8-12-38)43(39)25-35(41)23-21-31-13-17-33(29-45)18-14-31/h3-20,25-30H,1-2H3. The highest BCUT2D eigenvalue weighted by molar-refractivity contribution is 8.34. The fraction of sp³-hybridized carbons (Fsp3) is 0.0455. The molecular weight excluding hydrogens is 625 g/mol. The highest BCUT2D eigenvalue weighted by Crippen LogP contribution is 2.80. The Kier molecular flexibility index (Phi) is 8.60. The fourth-order valence-electron chi connectivity index (χ4n) is 6.16.